The number of ether oxygens (including phenoxy) is 1. The van der Waals surface area contributed by atoms with Crippen LogP contribution in [0.25, 0.3) is 0 Å². The normalized spacial score (nSPS) is 12.1. The maximum atomic E-state index is 13.2. The molecule has 7 heteroatoms. The lowest BCUT2D eigenvalue weighted by Crippen LogP contribution is -2.31. The molecule has 0 saturated heterocycles. The first-order chi connectivity index (χ1) is 8.80. The van der Waals surface area contributed by atoms with Crippen molar-refractivity contribution in [1.29, 1.82) is 0 Å². The van der Waals surface area contributed by atoms with Crippen LogP contribution in [0.4, 0.5) is 10.1 Å². The number of aryl methyl sites for hydroxylation is 1. The Kier molecular flexibility index (Phi) is 5.28. The van der Waals surface area contributed by atoms with Gasteiger partial charge in [-0.3, -0.25) is 0 Å². The molecule has 0 heterocycles. The number of halogens is 1. The van der Waals surface area contributed by atoms with Crippen molar-refractivity contribution in [2.45, 2.75) is 18.7 Å². The molecule has 1 rings (SSSR count). The first-order valence-electron chi connectivity index (χ1n) is 5.90. The number of nitrogens with zero attached hydrogens (tertiary/aromatic N) is 1. The average molecular weight is 290 g/mol. The smallest absolute Gasteiger partial charge is 0.243 e. The molecular formula is C12H19FN2O3S. The molecule has 0 fully saturated rings. The van der Waals surface area contributed by atoms with E-state index in [1.54, 1.807) is 0 Å². The highest BCUT2D eigenvalue weighted by molar-refractivity contribution is 7.89. The second kappa shape index (κ2) is 6.31. The van der Waals surface area contributed by atoms with Crippen LogP contribution in [-0.2, 0) is 14.8 Å². The van der Waals surface area contributed by atoms with Crippen molar-refractivity contribution in [2.75, 3.05) is 32.5 Å². The first-order valence-corrected chi connectivity index (χ1v) is 7.34. The molecule has 5 nitrogen and oxygen atoms in total. The minimum Gasteiger partial charge on any atom is -0.396 e. The van der Waals surface area contributed by atoms with Gasteiger partial charge in [-0.05, 0) is 31.5 Å². The summed E-state index contributed by atoms with van der Waals surface area (Å²) >= 11 is 0. The molecule has 2 N–H and O–H groups in total. The topological polar surface area (TPSA) is 72.6 Å². The SMILES string of the molecule is CCOCCN(C)S(=O)(=O)c1cc(N)c(F)cc1C. The fraction of sp³-hybridized carbons (Fsp3) is 0.500. The van der Waals surface area contributed by atoms with Gasteiger partial charge in [0.2, 0.25) is 10.0 Å². The summed E-state index contributed by atoms with van der Waals surface area (Å²) in [7, 11) is -2.23. The largest absolute Gasteiger partial charge is 0.396 e. The zero-order valence-corrected chi connectivity index (χ0v) is 12.1. The Bertz CT molecular complexity index is 546. The van der Waals surface area contributed by atoms with Gasteiger partial charge >= 0.3 is 0 Å². The first kappa shape index (κ1) is 15.9. The lowest BCUT2D eigenvalue weighted by Gasteiger charge is -2.18. The molecule has 0 radical (unpaired) electrons. The predicted octanol–water partition coefficient (Wildman–Crippen LogP) is 1.37. The van der Waals surface area contributed by atoms with Gasteiger partial charge in [0.1, 0.15) is 5.82 Å². The second-order valence-electron chi connectivity index (χ2n) is 4.16. The highest BCUT2D eigenvalue weighted by Gasteiger charge is 2.23. The number of rotatable bonds is 6. The van der Waals surface area contributed by atoms with Crippen molar-refractivity contribution < 1.29 is 17.5 Å². The van der Waals surface area contributed by atoms with E-state index in [2.05, 4.69) is 0 Å². The van der Waals surface area contributed by atoms with Crippen LogP contribution < -0.4 is 5.73 Å². The van der Waals surface area contributed by atoms with E-state index in [-0.39, 0.29) is 17.1 Å². The Balaban J connectivity index is 3.03. The van der Waals surface area contributed by atoms with E-state index in [1.165, 1.54) is 18.3 Å². The number of likely N-dealkylation sites (N-methyl/N-ethyl adjacent to an activating group) is 1. The van der Waals surface area contributed by atoms with Crippen LogP contribution in [0.3, 0.4) is 0 Å². The molecule has 1 aromatic rings. The molecule has 0 unspecified atom stereocenters. The Hall–Kier alpha value is -1.18. The van der Waals surface area contributed by atoms with E-state index < -0.39 is 15.8 Å². The van der Waals surface area contributed by atoms with Gasteiger partial charge in [0.25, 0.3) is 0 Å². The van der Waals surface area contributed by atoms with Crippen LogP contribution in [0.2, 0.25) is 0 Å². The molecule has 0 atom stereocenters. The van der Waals surface area contributed by atoms with Crippen molar-refractivity contribution in [2.24, 2.45) is 0 Å². The number of benzene rings is 1. The predicted molar refractivity (Wildman–Crippen MR) is 71.9 cm³/mol. The summed E-state index contributed by atoms with van der Waals surface area (Å²) in [5.41, 5.74) is 5.58. The van der Waals surface area contributed by atoms with Crippen molar-refractivity contribution in [3.05, 3.63) is 23.5 Å². The summed E-state index contributed by atoms with van der Waals surface area (Å²) < 4.78 is 44.1. The summed E-state index contributed by atoms with van der Waals surface area (Å²) in [5, 5.41) is 0. The maximum Gasteiger partial charge on any atom is 0.243 e. The molecule has 0 aliphatic rings. The van der Waals surface area contributed by atoms with Crippen molar-refractivity contribution in [1.82, 2.24) is 4.31 Å². The Morgan fingerprint density at radius 2 is 2.05 bits per heavy atom. The van der Waals surface area contributed by atoms with E-state index in [1.807, 2.05) is 6.92 Å². The third kappa shape index (κ3) is 3.65. The van der Waals surface area contributed by atoms with Crippen LogP contribution in [0, 0.1) is 12.7 Å². The number of nitrogen functional groups attached to an aromatic ring is 1. The standard InChI is InChI=1S/C12H19FN2O3S/c1-4-18-6-5-15(3)19(16,17)12-8-11(14)10(13)7-9(12)2/h7-8H,4-6,14H2,1-3H3. The van der Waals surface area contributed by atoms with Crippen molar-refractivity contribution in [3.8, 4) is 0 Å². The molecule has 0 aromatic heterocycles. The summed E-state index contributed by atoms with van der Waals surface area (Å²) in [6.45, 7) is 4.43. The average Bonchev–Trinajstić information content (AvgIpc) is 2.33. The van der Waals surface area contributed by atoms with Crippen LogP contribution in [0.1, 0.15) is 12.5 Å². The van der Waals surface area contributed by atoms with E-state index >= 15 is 0 Å². The van der Waals surface area contributed by atoms with Gasteiger partial charge in [-0.1, -0.05) is 0 Å². The van der Waals surface area contributed by atoms with Crippen LogP contribution in [0.15, 0.2) is 17.0 Å². The number of nitrogens with two attached hydrogens (primary N) is 1. The molecule has 108 valence electrons. The molecule has 0 bridgehead atoms. The fourth-order valence-electron chi connectivity index (χ4n) is 1.57. The molecule has 19 heavy (non-hydrogen) atoms. The van der Waals surface area contributed by atoms with E-state index in [4.69, 9.17) is 10.5 Å². The minimum atomic E-state index is -3.68. The van der Waals surface area contributed by atoms with Gasteiger partial charge in [-0.15, -0.1) is 0 Å². The van der Waals surface area contributed by atoms with Crippen molar-refractivity contribution >= 4 is 15.7 Å². The summed E-state index contributed by atoms with van der Waals surface area (Å²) in [5.74, 6) is -0.617. The third-order valence-electron chi connectivity index (χ3n) is 2.74. The van der Waals surface area contributed by atoms with E-state index in [9.17, 15) is 12.8 Å². The maximum absolute atomic E-state index is 13.2. The number of hydrogen-bond acceptors (Lipinski definition) is 4. The van der Waals surface area contributed by atoms with Gasteiger partial charge in [-0.25, -0.2) is 12.8 Å². The molecule has 1 aromatic carbocycles. The van der Waals surface area contributed by atoms with Crippen LogP contribution >= 0.6 is 0 Å². The quantitative estimate of drug-likeness (QED) is 0.634. The van der Waals surface area contributed by atoms with E-state index in [0.29, 0.717) is 18.8 Å². The highest BCUT2D eigenvalue weighted by Crippen LogP contribution is 2.23. The zero-order valence-electron chi connectivity index (χ0n) is 11.3. The van der Waals surface area contributed by atoms with E-state index in [0.717, 1.165) is 12.1 Å². The van der Waals surface area contributed by atoms with Gasteiger partial charge in [0.15, 0.2) is 0 Å². The Morgan fingerprint density at radius 3 is 2.63 bits per heavy atom. The molecule has 0 aliphatic heterocycles. The monoisotopic (exact) mass is 290 g/mol. The van der Waals surface area contributed by atoms with Gasteiger partial charge < -0.3 is 10.5 Å². The number of sulfonamides is 1. The second-order valence-corrected chi connectivity index (χ2v) is 6.18. The highest BCUT2D eigenvalue weighted by atomic mass is 32.2. The molecule has 0 saturated carbocycles. The van der Waals surface area contributed by atoms with Gasteiger partial charge in [-0.2, -0.15) is 4.31 Å². The third-order valence-corrected chi connectivity index (χ3v) is 4.74. The Labute approximate surface area is 113 Å². The number of anilines is 1. The summed E-state index contributed by atoms with van der Waals surface area (Å²) in [4.78, 5) is 0.0189. The number of hydrogen-bond donors (Lipinski definition) is 1. The Morgan fingerprint density at radius 1 is 1.42 bits per heavy atom. The lowest BCUT2D eigenvalue weighted by molar-refractivity contribution is 0.138. The lowest BCUT2D eigenvalue weighted by atomic mass is 10.2. The van der Waals surface area contributed by atoms with Gasteiger partial charge in [0.05, 0.1) is 17.2 Å². The van der Waals surface area contributed by atoms with Crippen LogP contribution in [-0.4, -0.2) is 39.5 Å². The molecule has 0 spiro atoms. The summed E-state index contributed by atoms with van der Waals surface area (Å²) in [6, 6.07) is 2.27. The molecule has 0 amide bonds. The summed E-state index contributed by atoms with van der Waals surface area (Å²) in [6.07, 6.45) is 0. The molecular weight excluding hydrogens is 271 g/mol. The zero-order chi connectivity index (χ0) is 14.6. The minimum absolute atomic E-state index is 0.0189. The van der Waals surface area contributed by atoms with Crippen molar-refractivity contribution in [3.63, 3.8) is 0 Å². The van der Waals surface area contributed by atoms with Gasteiger partial charge in [0, 0.05) is 20.2 Å². The fourth-order valence-corrected chi connectivity index (χ4v) is 2.96. The molecule has 0 aliphatic carbocycles. The van der Waals surface area contributed by atoms with Crippen LogP contribution in [0.5, 0.6) is 0 Å².